The molecule has 1 N–H and O–H groups in total. The molecule has 0 saturated heterocycles. The van der Waals surface area contributed by atoms with Gasteiger partial charge in [0, 0.05) is 0 Å². The molecule has 0 aliphatic carbocycles. The molecule has 0 saturated carbocycles. The summed E-state index contributed by atoms with van der Waals surface area (Å²) in [6, 6.07) is -0.415. The van der Waals surface area contributed by atoms with Crippen molar-refractivity contribution in [1.82, 2.24) is 5.32 Å². The zero-order valence-electron chi connectivity index (χ0n) is 12.2. The zero-order chi connectivity index (χ0) is 14.0. The van der Waals surface area contributed by atoms with E-state index in [1.54, 1.807) is 20.8 Å². The Morgan fingerprint density at radius 1 is 1.22 bits per heavy atom. The Kier molecular flexibility index (Phi) is 8.77. The molecule has 0 heterocycles. The van der Waals surface area contributed by atoms with Crippen LogP contribution in [-0.2, 0) is 4.74 Å². The van der Waals surface area contributed by atoms with Crippen molar-refractivity contribution in [3.8, 4) is 0 Å². The molecule has 0 aromatic heterocycles. The van der Waals surface area contributed by atoms with Crippen LogP contribution >= 0.6 is 0 Å². The molecular weight excluding hydrogens is 233 g/mol. The molecule has 0 radical (unpaired) electrons. The second-order valence-electron chi connectivity index (χ2n) is 5.70. The van der Waals surface area contributed by atoms with Crippen molar-refractivity contribution >= 4 is 6.09 Å². The molecule has 0 rings (SSSR count). The lowest BCUT2D eigenvalue weighted by Crippen LogP contribution is -2.40. The molecule has 4 heteroatoms. The van der Waals surface area contributed by atoms with Gasteiger partial charge in [0.2, 0.25) is 0 Å². The first kappa shape index (κ1) is 17.2. The van der Waals surface area contributed by atoms with Crippen LogP contribution in [0.3, 0.4) is 0 Å². The molecule has 0 spiro atoms. The van der Waals surface area contributed by atoms with Gasteiger partial charge in [0.1, 0.15) is 12.3 Å². The fraction of sp³-hybridized carbons (Fsp3) is 0.929. The van der Waals surface area contributed by atoms with Gasteiger partial charge >= 0.3 is 6.09 Å². The lowest BCUT2D eigenvalue weighted by atomic mass is 10.1. The van der Waals surface area contributed by atoms with Gasteiger partial charge in [-0.3, -0.25) is 0 Å². The van der Waals surface area contributed by atoms with Gasteiger partial charge in [-0.2, -0.15) is 0 Å². The molecule has 0 bridgehead atoms. The summed E-state index contributed by atoms with van der Waals surface area (Å²) < 4.78 is 17.9. The summed E-state index contributed by atoms with van der Waals surface area (Å²) in [5.41, 5.74) is -0.536. The van der Waals surface area contributed by atoms with Gasteiger partial charge in [-0.05, 0) is 27.2 Å². The molecule has 3 nitrogen and oxygen atoms in total. The predicted molar refractivity (Wildman–Crippen MR) is 72.5 cm³/mol. The highest BCUT2D eigenvalue weighted by Gasteiger charge is 2.19. The van der Waals surface area contributed by atoms with Crippen LogP contribution in [-0.4, -0.2) is 24.4 Å². The maximum atomic E-state index is 12.8. The summed E-state index contributed by atoms with van der Waals surface area (Å²) in [5, 5.41) is 2.58. The summed E-state index contributed by atoms with van der Waals surface area (Å²) in [4.78, 5) is 11.5. The Balaban J connectivity index is 3.79. The number of alkyl halides is 1. The number of nitrogens with one attached hydrogen (secondary N) is 1. The highest BCUT2D eigenvalue weighted by atomic mass is 19.1. The average Bonchev–Trinajstić information content (AvgIpc) is 2.24. The molecule has 108 valence electrons. The summed E-state index contributed by atoms with van der Waals surface area (Å²) in [7, 11) is 0. The first-order valence-electron chi connectivity index (χ1n) is 6.94. The molecule has 0 aliphatic rings. The van der Waals surface area contributed by atoms with Crippen molar-refractivity contribution in [3.63, 3.8) is 0 Å². The van der Waals surface area contributed by atoms with E-state index in [9.17, 15) is 9.18 Å². The number of unbranched alkanes of at least 4 members (excludes halogenated alkanes) is 4. The number of rotatable bonds is 8. The number of halogens is 1. The van der Waals surface area contributed by atoms with Crippen LogP contribution < -0.4 is 5.32 Å². The van der Waals surface area contributed by atoms with E-state index >= 15 is 0 Å². The van der Waals surface area contributed by atoms with E-state index in [1.807, 2.05) is 0 Å². The lowest BCUT2D eigenvalue weighted by molar-refractivity contribution is 0.0492. The van der Waals surface area contributed by atoms with Crippen molar-refractivity contribution < 1.29 is 13.9 Å². The zero-order valence-corrected chi connectivity index (χ0v) is 12.2. The smallest absolute Gasteiger partial charge is 0.407 e. The predicted octanol–water partition coefficient (Wildman–Crippen LogP) is 4.21. The number of amides is 1. The fourth-order valence-electron chi connectivity index (χ4n) is 1.66. The highest BCUT2D eigenvalue weighted by Crippen LogP contribution is 2.10. The summed E-state index contributed by atoms with van der Waals surface area (Å²) >= 11 is 0. The minimum absolute atomic E-state index is 0.415. The van der Waals surface area contributed by atoms with Crippen LogP contribution in [0.15, 0.2) is 0 Å². The van der Waals surface area contributed by atoms with Gasteiger partial charge < -0.3 is 10.1 Å². The summed E-state index contributed by atoms with van der Waals surface area (Å²) in [5.74, 6) is 0. The topological polar surface area (TPSA) is 38.3 Å². The Morgan fingerprint density at radius 2 is 1.83 bits per heavy atom. The van der Waals surface area contributed by atoms with Crippen LogP contribution in [0.4, 0.5) is 9.18 Å². The number of carbonyl (C=O) groups is 1. The molecule has 0 aliphatic heterocycles. The quantitative estimate of drug-likeness (QED) is 0.665. The average molecular weight is 261 g/mol. The van der Waals surface area contributed by atoms with E-state index in [-0.39, 0.29) is 0 Å². The third-order valence-electron chi connectivity index (χ3n) is 2.56. The van der Waals surface area contributed by atoms with E-state index in [0.29, 0.717) is 6.42 Å². The van der Waals surface area contributed by atoms with Crippen LogP contribution in [0.5, 0.6) is 0 Å². The van der Waals surface area contributed by atoms with Gasteiger partial charge in [-0.1, -0.05) is 39.0 Å². The van der Waals surface area contributed by atoms with E-state index in [2.05, 4.69) is 12.2 Å². The van der Waals surface area contributed by atoms with E-state index in [0.717, 1.165) is 12.8 Å². The standard InChI is InChI=1S/C14H28FNO2/c1-5-6-7-8-9-10-12(11-15)16-13(17)18-14(2,3)4/h12H,5-11H2,1-4H3,(H,16,17). The van der Waals surface area contributed by atoms with Gasteiger partial charge in [0.15, 0.2) is 0 Å². The Labute approximate surface area is 110 Å². The second-order valence-corrected chi connectivity index (χ2v) is 5.70. The molecule has 18 heavy (non-hydrogen) atoms. The Bertz CT molecular complexity index is 226. The molecule has 0 aromatic carbocycles. The van der Waals surface area contributed by atoms with Crippen LogP contribution in [0, 0.1) is 0 Å². The molecular formula is C14H28FNO2. The normalized spacial score (nSPS) is 13.2. The number of hydrogen-bond acceptors (Lipinski definition) is 2. The molecule has 1 amide bonds. The van der Waals surface area contributed by atoms with Crippen molar-refractivity contribution in [2.75, 3.05) is 6.67 Å². The fourth-order valence-corrected chi connectivity index (χ4v) is 1.66. The summed E-state index contributed by atoms with van der Waals surface area (Å²) in [6.45, 7) is 7.01. The third kappa shape index (κ3) is 10.4. The van der Waals surface area contributed by atoms with Crippen molar-refractivity contribution in [3.05, 3.63) is 0 Å². The molecule has 1 unspecified atom stereocenters. The molecule has 0 fully saturated rings. The monoisotopic (exact) mass is 261 g/mol. The largest absolute Gasteiger partial charge is 0.444 e. The molecule has 1 atom stereocenters. The maximum absolute atomic E-state index is 12.8. The van der Waals surface area contributed by atoms with E-state index in [4.69, 9.17) is 4.74 Å². The minimum atomic E-state index is -0.536. The number of carbonyl (C=O) groups excluding carboxylic acids is 1. The highest BCUT2D eigenvalue weighted by molar-refractivity contribution is 5.68. The Morgan fingerprint density at radius 3 is 2.33 bits per heavy atom. The van der Waals surface area contributed by atoms with Crippen LogP contribution in [0.25, 0.3) is 0 Å². The molecule has 0 aromatic rings. The van der Waals surface area contributed by atoms with E-state index in [1.165, 1.54) is 19.3 Å². The van der Waals surface area contributed by atoms with Gasteiger partial charge in [-0.25, -0.2) is 9.18 Å². The summed E-state index contributed by atoms with van der Waals surface area (Å²) in [6.07, 6.45) is 5.80. The first-order valence-corrected chi connectivity index (χ1v) is 6.94. The van der Waals surface area contributed by atoms with Gasteiger partial charge in [0.05, 0.1) is 6.04 Å². The lowest BCUT2D eigenvalue weighted by Gasteiger charge is -2.22. The second kappa shape index (κ2) is 9.17. The number of hydrogen-bond donors (Lipinski definition) is 1. The van der Waals surface area contributed by atoms with Crippen LogP contribution in [0.1, 0.15) is 66.2 Å². The number of alkyl carbamates (subject to hydrolysis) is 1. The van der Waals surface area contributed by atoms with Crippen molar-refractivity contribution in [1.29, 1.82) is 0 Å². The third-order valence-corrected chi connectivity index (χ3v) is 2.56. The first-order chi connectivity index (χ1) is 8.39. The van der Waals surface area contributed by atoms with Crippen LogP contribution in [0.2, 0.25) is 0 Å². The minimum Gasteiger partial charge on any atom is -0.444 e. The van der Waals surface area contributed by atoms with Crippen molar-refractivity contribution in [2.24, 2.45) is 0 Å². The van der Waals surface area contributed by atoms with Gasteiger partial charge in [0.25, 0.3) is 0 Å². The number of ether oxygens (including phenoxy) is 1. The SMILES string of the molecule is CCCCCCCC(CF)NC(=O)OC(C)(C)C. The maximum Gasteiger partial charge on any atom is 0.407 e. The van der Waals surface area contributed by atoms with Crippen molar-refractivity contribution in [2.45, 2.75) is 77.9 Å². The van der Waals surface area contributed by atoms with Gasteiger partial charge in [-0.15, -0.1) is 0 Å². The Hall–Kier alpha value is -0.800. The van der Waals surface area contributed by atoms with E-state index < -0.39 is 24.4 Å².